The van der Waals surface area contributed by atoms with Gasteiger partial charge in [-0.25, -0.2) is 0 Å². The molecule has 0 aliphatic heterocycles. The highest BCUT2D eigenvalue weighted by molar-refractivity contribution is 7.11. The van der Waals surface area contributed by atoms with Crippen molar-refractivity contribution in [1.29, 1.82) is 0 Å². The second kappa shape index (κ2) is 6.99. The van der Waals surface area contributed by atoms with Crippen LogP contribution in [0.3, 0.4) is 0 Å². The predicted molar refractivity (Wildman–Crippen MR) is 84.0 cm³/mol. The average molecular weight is 293 g/mol. The van der Waals surface area contributed by atoms with Crippen LogP contribution in [0.2, 0.25) is 0 Å². The van der Waals surface area contributed by atoms with Crippen molar-refractivity contribution in [3.8, 4) is 0 Å². The second-order valence-corrected chi connectivity index (χ2v) is 7.64. The Balaban J connectivity index is 1.45. The zero-order valence-electron chi connectivity index (χ0n) is 12.6. The Morgan fingerprint density at radius 2 is 1.90 bits per heavy atom. The van der Waals surface area contributed by atoms with Gasteiger partial charge in [0.2, 0.25) is 0 Å². The molecule has 2 saturated carbocycles. The zero-order chi connectivity index (χ0) is 13.8. The third-order valence-electron chi connectivity index (χ3n) is 4.76. The molecular weight excluding hydrogens is 266 g/mol. The third kappa shape index (κ3) is 4.01. The van der Waals surface area contributed by atoms with E-state index < -0.39 is 0 Å². The Bertz CT molecular complexity index is 406. The Kier molecular flexibility index (Phi) is 5.05. The van der Waals surface area contributed by atoms with Crippen molar-refractivity contribution in [3.05, 3.63) is 10.0 Å². The number of rotatable bonds is 7. The van der Waals surface area contributed by atoms with Crippen LogP contribution in [0.15, 0.2) is 0 Å². The molecule has 0 unspecified atom stereocenters. The first-order valence-electron chi connectivity index (χ1n) is 8.40. The summed E-state index contributed by atoms with van der Waals surface area (Å²) in [7, 11) is 0. The highest BCUT2D eigenvalue weighted by atomic mass is 32.1. The molecule has 1 aromatic rings. The lowest BCUT2D eigenvalue weighted by Gasteiger charge is -2.26. The highest BCUT2D eigenvalue weighted by Crippen LogP contribution is 2.38. The van der Waals surface area contributed by atoms with Gasteiger partial charge < -0.3 is 5.32 Å². The van der Waals surface area contributed by atoms with Gasteiger partial charge in [-0.1, -0.05) is 37.5 Å². The fourth-order valence-corrected chi connectivity index (χ4v) is 4.18. The quantitative estimate of drug-likeness (QED) is 0.816. The molecule has 1 aromatic heterocycles. The van der Waals surface area contributed by atoms with Gasteiger partial charge >= 0.3 is 0 Å². The lowest BCUT2D eigenvalue weighted by Crippen LogP contribution is -2.14. The van der Waals surface area contributed by atoms with Gasteiger partial charge in [-0.15, -0.1) is 10.2 Å². The Hall–Kier alpha value is -0.480. The van der Waals surface area contributed by atoms with Gasteiger partial charge in [-0.05, 0) is 44.4 Å². The zero-order valence-corrected chi connectivity index (χ0v) is 13.4. The first kappa shape index (κ1) is 14.5. The van der Waals surface area contributed by atoms with E-state index in [1.165, 1.54) is 67.8 Å². The molecule has 0 spiro atoms. The molecule has 2 fully saturated rings. The standard InChI is InChI=1S/C16H27N3S/c1-2-3-4-12-5-7-13(8-6-12)16-19-18-15(20-16)11-17-14-9-10-14/h12-14,17H,2-11H2,1H3. The molecule has 112 valence electrons. The van der Waals surface area contributed by atoms with Crippen LogP contribution in [0.25, 0.3) is 0 Å². The van der Waals surface area contributed by atoms with E-state index in [9.17, 15) is 0 Å². The van der Waals surface area contributed by atoms with E-state index in [1.807, 2.05) is 11.3 Å². The monoisotopic (exact) mass is 293 g/mol. The lowest BCUT2D eigenvalue weighted by molar-refractivity contribution is 0.303. The third-order valence-corrected chi connectivity index (χ3v) is 5.85. The van der Waals surface area contributed by atoms with Gasteiger partial charge in [-0.2, -0.15) is 0 Å². The van der Waals surface area contributed by atoms with Crippen molar-refractivity contribution in [3.63, 3.8) is 0 Å². The molecule has 0 aromatic carbocycles. The summed E-state index contributed by atoms with van der Waals surface area (Å²) in [6.45, 7) is 3.22. The summed E-state index contributed by atoms with van der Waals surface area (Å²) in [5.74, 6) is 1.68. The number of aromatic nitrogens is 2. The molecule has 0 bridgehead atoms. The largest absolute Gasteiger partial charge is 0.308 e. The maximum absolute atomic E-state index is 4.45. The Labute approximate surface area is 126 Å². The average Bonchev–Trinajstić information content (AvgIpc) is 3.20. The van der Waals surface area contributed by atoms with Crippen molar-refractivity contribution in [2.75, 3.05) is 0 Å². The van der Waals surface area contributed by atoms with Crippen molar-refractivity contribution < 1.29 is 0 Å². The van der Waals surface area contributed by atoms with Crippen molar-refractivity contribution in [1.82, 2.24) is 15.5 Å². The van der Waals surface area contributed by atoms with E-state index in [1.54, 1.807) is 0 Å². The van der Waals surface area contributed by atoms with Crippen molar-refractivity contribution >= 4 is 11.3 Å². The van der Waals surface area contributed by atoms with Gasteiger partial charge in [0, 0.05) is 18.5 Å². The molecule has 2 aliphatic carbocycles. The van der Waals surface area contributed by atoms with Crippen LogP contribution in [0, 0.1) is 5.92 Å². The number of nitrogens with zero attached hydrogens (tertiary/aromatic N) is 2. The highest BCUT2D eigenvalue weighted by Gasteiger charge is 2.25. The Morgan fingerprint density at radius 1 is 1.10 bits per heavy atom. The van der Waals surface area contributed by atoms with E-state index in [0.717, 1.165) is 18.5 Å². The summed E-state index contributed by atoms with van der Waals surface area (Å²) in [6, 6.07) is 0.761. The van der Waals surface area contributed by atoms with Gasteiger partial charge in [-0.3, -0.25) is 0 Å². The molecule has 0 atom stereocenters. The van der Waals surface area contributed by atoms with Crippen molar-refractivity contribution in [2.24, 2.45) is 5.92 Å². The maximum Gasteiger partial charge on any atom is 0.131 e. The van der Waals surface area contributed by atoms with Gasteiger partial charge in [0.05, 0.1) is 0 Å². The lowest BCUT2D eigenvalue weighted by atomic mass is 9.80. The number of hydrogen-bond donors (Lipinski definition) is 1. The van der Waals surface area contributed by atoms with Crippen LogP contribution in [0.4, 0.5) is 0 Å². The normalized spacial score (nSPS) is 26.9. The van der Waals surface area contributed by atoms with E-state index >= 15 is 0 Å². The minimum atomic E-state index is 0.694. The van der Waals surface area contributed by atoms with E-state index in [2.05, 4.69) is 22.4 Å². The number of hydrogen-bond acceptors (Lipinski definition) is 4. The van der Waals surface area contributed by atoms with Crippen LogP contribution < -0.4 is 5.32 Å². The second-order valence-electron chi connectivity index (χ2n) is 6.55. The molecule has 20 heavy (non-hydrogen) atoms. The fourth-order valence-electron chi connectivity index (χ4n) is 3.21. The van der Waals surface area contributed by atoms with Crippen LogP contribution >= 0.6 is 11.3 Å². The number of unbranched alkanes of at least 4 members (excludes halogenated alkanes) is 1. The molecule has 3 nitrogen and oxygen atoms in total. The topological polar surface area (TPSA) is 37.8 Å². The predicted octanol–water partition coefficient (Wildman–Crippen LogP) is 4.25. The molecule has 0 amide bonds. The minimum absolute atomic E-state index is 0.694. The van der Waals surface area contributed by atoms with E-state index in [4.69, 9.17) is 0 Å². The SMILES string of the molecule is CCCCC1CCC(c2nnc(CNC3CC3)s2)CC1. The summed E-state index contributed by atoms with van der Waals surface area (Å²) in [5.41, 5.74) is 0. The van der Waals surface area contributed by atoms with Crippen LogP contribution in [-0.4, -0.2) is 16.2 Å². The minimum Gasteiger partial charge on any atom is -0.308 e. The number of nitrogens with one attached hydrogen (secondary N) is 1. The van der Waals surface area contributed by atoms with Gasteiger partial charge in [0.25, 0.3) is 0 Å². The van der Waals surface area contributed by atoms with Crippen LogP contribution in [-0.2, 0) is 6.54 Å². The summed E-state index contributed by atoms with van der Waals surface area (Å²) in [4.78, 5) is 0. The van der Waals surface area contributed by atoms with Gasteiger partial charge in [0.1, 0.15) is 10.0 Å². The molecule has 0 radical (unpaired) electrons. The molecule has 0 saturated heterocycles. The fraction of sp³-hybridized carbons (Fsp3) is 0.875. The summed E-state index contributed by atoms with van der Waals surface area (Å²) < 4.78 is 0. The smallest absolute Gasteiger partial charge is 0.131 e. The maximum atomic E-state index is 4.45. The van der Waals surface area contributed by atoms with Crippen LogP contribution in [0.5, 0.6) is 0 Å². The first-order chi connectivity index (χ1) is 9.85. The molecule has 1 heterocycles. The van der Waals surface area contributed by atoms with E-state index in [-0.39, 0.29) is 0 Å². The van der Waals surface area contributed by atoms with E-state index in [0.29, 0.717) is 5.92 Å². The molecule has 1 N–H and O–H groups in total. The summed E-state index contributed by atoms with van der Waals surface area (Å²) in [6.07, 6.45) is 12.3. The molecule has 4 heteroatoms. The molecule has 2 aliphatic rings. The molecular formula is C16H27N3S. The summed E-state index contributed by atoms with van der Waals surface area (Å²) in [5, 5.41) is 14.8. The summed E-state index contributed by atoms with van der Waals surface area (Å²) >= 11 is 1.84. The van der Waals surface area contributed by atoms with Gasteiger partial charge in [0.15, 0.2) is 0 Å². The Morgan fingerprint density at radius 3 is 2.60 bits per heavy atom. The van der Waals surface area contributed by atoms with Crippen LogP contribution in [0.1, 0.15) is 80.6 Å². The van der Waals surface area contributed by atoms with Crippen molar-refractivity contribution in [2.45, 2.75) is 83.2 Å². The molecule has 3 rings (SSSR count). The first-order valence-corrected chi connectivity index (χ1v) is 9.22.